The van der Waals surface area contributed by atoms with Gasteiger partial charge >= 0.3 is 0 Å². The van der Waals surface area contributed by atoms with Gasteiger partial charge in [0.15, 0.2) is 0 Å². The molecular formula is C12H15BrClNO. The second kappa shape index (κ2) is 6.92. The molecule has 1 amide bonds. The van der Waals surface area contributed by atoms with Crippen LogP contribution in [0.5, 0.6) is 0 Å². The van der Waals surface area contributed by atoms with Gasteiger partial charge in [-0.15, -0.1) is 11.6 Å². The molecule has 1 rings (SSSR count). The molecule has 4 heteroatoms. The number of hydrogen-bond acceptors (Lipinski definition) is 1. The lowest BCUT2D eigenvalue weighted by atomic mass is 10.1. The molecule has 2 nitrogen and oxygen atoms in total. The summed E-state index contributed by atoms with van der Waals surface area (Å²) >= 11 is 8.94. The Balaban J connectivity index is 2.52. The summed E-state index contributed by atoms with van der Waals surface area (Å²) in [6.45, 7) is 1.97. The van der Waals surface area contributed by atoms with Crippen molar-refractivity contribution < 1.29 is 4.79 Å². The molecule has 0 saturated heterocycles. The average molecular weight is 305 g/mol. The maximum absolute atomic E-state index is 11.5. The first-order valence-corrected chi connectivity index (χ1v) is 6.57. The largest absolute Gasteiger partial charge is 0.350 e. The standard InChI is InChI=1S/C12H15BrClNO/c1-9(15-12(16)6-3-7-14)10-4-2-5-11(13)8-10/h2,4-5,8-9H,3,6-7H2,1H3,(H,15,16). The van der Waals surface area contributed by atoms with Gasteiger partial charge in [-0.1, -0.05) is 28.1 Å². The Hall–Kier alpha value is -0.540. The first kappa shape index (κ1) is 13.5. The first-order valence-electron chi connectivity index (χ1n) is 5.24. The van der Waals surface area contributed by atoms with Crippen LogP contribution in [-0.2, 0) is 4.79 Å². The molecule has 0 aliphatic rings. The van der Waals surface area contributed by atoms with Crippen LogP contribution in [0.15, 0.2) is 28.7 Å². The Morgan fingerprint density at radius 2 is 2.31 bits per heavy atom. The molecule has 16 heavy (non-hydrogen) atoms. The Kier molecular flexibility index (Phi) is 5.85. The molecule has 88 valence electrons. The lowest BCUT2D eigenvalue weighted by molar-refractivity contribution is -0.121. The molecule has 1 unspecified atom stereocenters. The van der Waals surface area contributed by atoms with E-state index in [0.717, 1.165) is 16.5 Å². The SMILES string of the molecule is CC(NC(=O)CCCCl)c1cccc(Br)c1. The summed E-state index contributed by atoms with van der Waals surface area (Å²) in [7, 11) is 0. The number of rotatable bonds is 5. The van der Waals surface area contributed by atoms with Crippen molar-refractivity contribution in [2.24, 2.45) is 0 Å². The minimum atomic E-state index is 0.0281. The van der Waals surface area contributed by atoms with Crippen molar-refractivity contribution in [2.75, 3.05) is 5.88 Å². The van der Waals surface area contributed by atoms with Crippen LogP contribution in [0.25, 0.3) is 0 Å². The number of nitrogens with one attached hydrogen (secondary N) is 1. The van der Waals surface area contributed by atoms with Crippen LogP contribution in [0.3, 0.4) is 0 Å². The van der Waals surface area contributed by atoms with Crippen molar-refractivity contribution in [3.8, 4) is 0 Å². The second-order valence-electron chi connectivity index (χ2n) is 3.64. The lowest BCUT2D eigenvalue weighted by Crippen LogP contribution is -2.26. The van der Waals surface area contributed by atoms with Crippen molar-refractivity contribution in [3.05, 3.63) is 34.3 Å². The fourth-order valence-electron chi connectivity index (χ4n) is 1.40. The van der Waals surface area contributed by atoms with Gasteiger partial charge in [0, 0.05) is 16.8 Å². The highest BCUT2D eigenvalue weighted by Crippen LogP contribution is 2.17. The van der Waals surface area contributed by atoms with Crippen LogP contribution < -0.4 is 5.32 Å². The molecule has 0 aliphatic heterocycles. The number of carbonyl (C=O) groups is 1. The van der Waals surface area contributed by atoms with Crippen LogP contribution in [-0.4, -0.2) is 11.8 Å². The van der Waals surface area contributed by atoms with Crippen LogP contribution >= 0.6 is 27.5 Å². The highest BCUT2D eigenvalue weighted by molar-refractivity contribution is 9.10. The lowest BCUT2D eigenvalue weighted by Gasteiger charge is -2.14. The minimum absolute atomic E-state index is 0.0281. The third-order valence-electron chi connectivity index (χ3n) is 2.26. The topological polar surface area (TPSA) is 29.1 Å². The van der Waals surface area contributed by atoms with Crippen LogP contribution in [0, 0.1) is 0 Å². The Bertz CT molecular complexity index is 357. The fraction of sp³-hybridized carbons (Fsp3) is 0.417. The zero-order valence-corrected chi connectivity index (χ0v) is 11.5. The number of alkyl halides is 1. The highest BCUT2D eigenvalue weighted by Gasteiger charge is 2.08. The van der Waals surface area contributed by atoms with E-state index in [4.69, 9.17) is 11.6 Å². The van der Waals surface area contributed by atoms with Crippen molar-refractivity contribution in [1.82, 2.24) is 5.32 Å². The van der Waals surface area contributed by atoms with Crippen molar-refractivity contribution in [3.63, 3.8) is 0 Å². The van der Waals surface area contributed by atoms with E-state index in [0.29, 0.717) is 12.3 Å². The van der Waals surface area contributed by atoms with Gasteiger partial charge < -0.3 is 5.32 Å². The van der Waals surface area contributed by atoms with Gasteiger partial charge in [0.2, 0.25) is 5.91 Å². The Labute approximate surface area is 110 Å². The minimum Gasteiger partial charge on any atom is -0.350 e. The summed E-state index contributed by atoms with van der Waals surface area (Å²) in [5.41, 5.74) is 1.09. The molecule has 0 bridgehead atoms. The summed E-state index contributed by atoms with van der Waals surface area (Å²) in [5, 5.41) is 2.94. The number of halogens is 2. The van der Waals surface area contributed by atoms with E-state index < -0.39 is 0 Å². The van der Waals surface area contributed by atoms with Crippen LogP contribution in [0.4, 0.5) is 0 Å². The summed E-state index contributed by atoms with van der Waals surface area (Å²) in [6, 6.07) is 7.95. The number of hydrogen-bond donors (Lipinski definition) is 1. The smallest absolute Gasteiger partial charge is 0.220 e. The molecular weight excluding hydrogens is 289 g/mol. The number of benzene rings is 1. The molecule has 0 radical (unpaired) electrons. The molecule has 1 aromatic rings. The van der Waals surface area contributed by atoms with Crippen molar-refractivity contribution in [2.45, 2.75) is 25.8 Å². The zero-order valence-electron chi connectivity index (χ0n) is 9.17. The molecule has 0 heterocycles. The molecule has 0 aromatic heterocycles. The molecule has 1 N–H and O–H groups in total. The average Bonchev–Trinajstić information content (AvgIpc) is 2.26. The fourth-order valence-corrected chi connectivity index (χ4v) is 1.95. The van der Waals surface area contributed by atoms with Gasteiger partial charge in [-0.25, -0.2) is 0 Å². The molecule has 1 atom stereocenters. The highest BCUT2D eigenvalue weighted by atomic mass is 79.9. The normalized spacial score (nSPS) is 12.2. The predicted octanol–water partition coefficient (Wildman–Crippen LogP) is 3.65. The van der Waals surface area contributed by atoms with Gasteiger partial charge in [0.25, 0.3) is 0 Å². The molecule has 0 fully saturated rings. The number of carbonyl (C=O) groups excluding carboxylic acids is 1. The maximum Gasteiger partial charge on any atom is 0.220 e. The number of amides is 1. The van der Waals surface area contributed by atoms with E-state index in [1.165, 1.54) is 0 Å². The quantitative estimate of drug-likeness (QED) is 0.827. The van der Waals surface area contributed by atoms with E-state index >= 15 is 0 Å². The summed E-state index contributed by atoms with van der Waals surface area (Å²) in [5.74, 6) is 0.576. The third kappa shape index (κ3) is 4.54. The van der Waals surface area contributed by atoms with E-state index in [1.54, 1.807) is 0 Å². The zero-order chi connectivity index (χ0) is 12.0. The third-order valence-corrected chi connectivity index (χ3v) is 3.02. The van der Waals surface area contributed by atoms with E-state index in [2.05, 4.69) is 21.2 Å². The van der Waals surface area contributed by atoms with Crippen molar-refractivity contribution >= 4 is 33.4 Å². The van der Waals surface area contributed by atoms with Gasteiger partial charge in [0.1, 0.15) is 0 Å². The van der Waals surface area contributed by atoms with Crippen LogP contribution in [0.2, 0.25) is 0 Å². The van der Waals surface area contributed by atoms with Gasteiger partial charge in [-0.3, -0.25) is 4.79 Å². The first-order chi connectivity index (χ1) is 7.63. The van der Waals surface area contributed by atoms with Crippen molar-refractivity contribution in [1.29, 1.82) is 0 Å². The monoisotopic (exact) mass is 303 g/mol. The summed E-state index contributed by atoms with van der Waals surface area (Å²) in [4.78, 5) is 11.5. The summed E-state index contributed by atoms with van der Waals surface area (Å²) < 4.78 is 1.02. The van der Waals surface area contributed by atoms with E-state index in [-0.39, 0.29) is 11.9 Å². The maximum atomic E-state index is 11.5. The van der Waals surface area contributed by atoms with Gasteiger partial charge in [-0.2, -0.15) is 0 Å². The molecule has 1 aromatic carbocycles. The Morgan fingerprint density at radius 1 is 1.56 bits per heavy atom. The van der Waals surface area contributed by atoms with Crippen LogP contribution in [0.1, 0.15) is 31.4 Å². The van der Waals surface area contributed by atoms with E-state index in [9.17, 15) is 4.79 Å². The molecule has 0 spiro atoms. The predicted molar refractivity (Wildman–Crippen MR) is 70.7 cm³/mol. The van der Waals surface area contributed by atoms with E-state index in [1.807, 2.05) is 31.2 Å². The summed E-state index contributed by atoms with van der Waals surface area (Å²) in [6.07, 6.45) is 1.21. The second-order valence-corrected chi connectivity index (χ2v) is 4.93. The Morgan fingerprint density at radius 3 is 2.94 bits per heavy atom. The van der Waals surface area contributed by atoms with Gasteiger partial charge in [0.05, 0.1) is 6.04 Å². The molecule has 0 aliphatic carbocycles. The molecule has 0 saturated carbocycles. The van der Waals surface area contributed by atoms with Gasteiger partial charge in [-0.05, 0) is 31.0 Å².